The lowest BCUT2D eigenvalue weighted by Crippen LogP contribution is -2.32. The first-order valence-corrected chi connectivity index (χ1v) is 9.00. The summed E-state index contributed by atoms with van der Waals surface area (Å²) in [5.74, 6) is 0.0345. The van der Waals surface area contributed by atoms with Gasteiger partial charge in [-0.1, -0.05) is 52.3 Å². The number of aromatic nitrogens is 1. The third kappa shape index (κ3) is 5.00. The summed E-state index contributed by atoms with van der Waals surface area (Å²) in [6.45, 7) is 1.21. The van der Waals surface area contributed by atoms with Gasteiger partial charge in [0.1, 0.15) is 0 Å². The number of hydrogen-bond donors (Lipinski definition) is 0. The van der Waals surface area contributed by atoms with E-state index in [1.807, 2.05) is 77.7 Å². The zero-order valence-corrected chi connectivity index (χ0v) is 15.4. The first-order chi connectivity index (χ1) is 12.2. The second-order valence-electron chi connectivity index (χ2n) is 5.79. The highest BCUT2D eigenvalue weighted by atomic mass is 79.9. The smallest absolute Gasteiger partial charge is 0.254 e. The van der Waals surface area contributed by atoms with E-state index >= 15 is 0 Å². The van der Waals surface area contributed by atoms with Crippen LogP contribution in [0, 0.1) is 0 Å². The number of rotatable bonds is 6. The summed E-state index contributed by atoms with van der Waals surface area (Å²) in [7, 11) is 0. The lowest BCUT2D eigenvalue weighted by Gasteiger charge is -2.23. The molecule has 3 nitrogen and oxygen atoms in total. The Morgan fingerprint density at radius 2 is 1.64 bits per heavy atom. The Morgan fingerprint density at radius 1 is 0.920 bits per heavy atom. The van der Waals surface area contributed by atoms with E-state index in [0.717, 1.165) is 22.2 Å². The minimum Gasteiger partial charge on any atom is -0.334 e. The first kappa shape index (κ1) is 17.4. The summed E-state index contributed by atoms with van der Waals surface area (Å²) < 4.78 is 0.965. The molecule has 1 heterocycles. The number of pyridine rings is 1. The fraction of sp³-hybridized carbons (Fsp3) is 0.143. The molecule has 126 valence electrons. The molecule has 0 radical (unpaired) electrons. The Labute approximate surface area is 156 Å². The van der Waals surface area contributed by atoms with E-state index in [-0.39, 0.29) is 5.91 Å². The van der Waals surface area contributed by atoms with Crippen molar-refractivity contribution >= 4 is 21.8 Å². The van der Waals surface area contributed by atoms with Crippen LogP contribution in [0.2, 0.25) is 0 Å². The standard InChI is InChI=1S/C21H19BrN2O/c22-19-11-9-18(10-12-19)21(25)24(16-17-6-2-1-3-7-17)15-13-20-8-4-5-14-23-20/h1-12,14H,13,15-16H2. The average molecular weight is 395 g/mol. The molecule has 25 heavy (non-hydrogen) atoms. The third-order valence-corrected chi connectivity index (χ3v) is 4.49. The molecule has 4 heteroatoms. The lowest BCUT2D eigenvalue weighted by atomic mass is 10.1. The summed E-state index contributed by atoms with van der Waals surface area (Å²) in [5, 5.41) is 0. The van der Waals surface area contributed by atoms with E-state index in [1.54, 1.807) is 6.20 Å². The van der Waals surface area contributed by atoms with Crippen molar-refractivity contribution in [2.75, 3.05) is 6.54 Å². The molecule has 2 aromatic carbocycles. The molecule has 0 saturated heterocycles. The highest BCUT2D eigenvalue weighted by molar-refractivity contribution is 9.10. The van der Waals surface area contributed by atoms with E-state index in [1.165, 1.54) is 0 Å². The number of carbonyl (C=O) groups excluding carboxylic acids is 1. The Morgan fingerprint density at radius 3 is 2.32 bits per heavy atom. The Kier molecular flexibility index (Phi) is 5.96. The van der Waals surface area contributed by atoms with Gasteiger partial charge in [-0.15, -0.1) is 0 Å². The van der Waals surface area contributed by atoms with Crippen LogP contribution in [0.25, 0.3) is 0 Å². The van der Waals surface area contributed by atoms with Gasteiger partial charge >= 0.3 is 0 Å². The maximum Gasteiger partial charge on any atom is 0.254 e. The fourth-order valence-electron chi connectivity index (χ4n) is 2.63. The Balaban J connectivity index is 1.77. The normalized spacial score (nSPS) is 10.4. The van der Waals surface area contributed by atoms with Crippen LogP contribution < -0.4 is 0 Å². The zero-order valence-electron chi connectivity index (χ0n) is 13.8. The predicted octanol–water partition coefficient (Wildman–Crippen LogP) is 4.73. The topological polar surface area (TPSA) is 33.2 Å². The quantitative estimate of drug-likeness (QED) is 0.605. The van der Waals surface area contributed by atoms with E-state index < -0.39 is 0 Å². The van der Waals surface area contributed by atoms with Gasteiger partial charge in [-0.2, -0.15) is 0 Å². The van der Waals surface area contributed by atoms with Crippen LogP contribution in [-0.4, -0.2) is 22.3 Å². The summed E-state index contributed by atoms with van der Waals surface area (Å²) in [6, 6.07) is 23.4. The van der Waals surface area contributed by atoms with Crippen LogP contribution in [0.4, 0.5) is 0 Å². The van der Waals surface area contributed by atoms with Gasteiger partial charge < -0.3 is 4.90 Å². The van der Waals surface area contributed by atoms with Crippen LogP contribution in [0.5, 0.6) is 0 Å². The number of benzene rings is 2. The molecule has 0 N–H and O–H groups in total. The van der Waals surface area contributed by atoms with Crippen molar-refractivity contribution in [3.8, 4) is 0 Å². The minimum atomic E-state index is 0.0345. The third-order valence-electron chi connectivity index (χ3n) is 3.96. The second-order valence-corrected chi connectivity index (χ2v) is 6.71. The molecule has 0 saturated carbocycles. The van der Waals surface area contributed by atoms with Gasteiger partial charge in [0, 0.05) is 41.4 Å². The van der Waals surface area contributed by atoms with Crippen molar-refractivity contribution in [2.45, 2.75) is 13.0 Å². The molecule has 1 amide bonds. The molecule has 0 bridgehead atoms. The van der Waals surface area contributed by atoms with Crippen molar-refractivity contribution in [3.63, 3.8) is 0 Å². The molecule has 0 unspecified atom stereocenters. The van der Waals surface area contributed by atoms with Gasteiger partial charge in [-0.05, 0) is 42.0 Å². The van der Waals surface area contributed by atoms with E-state index in [0.29, 0.717) is 18.7 Å². The van der Waals surface area contributed by atoms with Crippen LogP contribution in [0.1, 0.15) is 21.6 Å². The van der Waals surface area contributed by atoms with Gasteiger partial charge in [-0.3, -0.25) is 9.78 Å². The summed E-state index contributed by atoms with van der Waals surface area (Å²) in [5.41, 5.74) is 2.80. The number of nitrogens with zero attached hydrogens (tertiary/aromatic N) is 2. The van der Waals surface area contributed by atoms with Gasteiger partial charge in [0.25, 0.3) is 5.91 Å². The molecule has 3 aromatic rings. The number of hydrogen-bond acceptors (Lipinski definition) is 2. The highest BCUT2D eigenvalue weighted by Gasteiger charge is 2.16. The molecule has 0 spiro atoms. The molecule has 0 fully saturated rings. The van der Waals surface area contributed by atoms with Crippen molar-refractivity contribution < 1.29 is 4.79 Å². The van der Waals surface area contributed by atoms with Crippen molar-refractivity contribution in [1.29, 1.82) is 0 Å². The minimum absolute atomic E-state index is 0.0345. The van der Waals surface area contributed by atoms with Crippen molar-refractivity contribution in [2.24, 2.45) is 0 Å². The highest BCUT2D eigenvalue weighted by Crippen LogP contribution is 2.15. The lowest BCUT2D eigenvalue weighted by molar-refractivity contribution is 0.0744. The molecular weight excluding hydrogens is 376 g/mol. The van der Waals surface area contributed by atoms with Crippen LogP contribution in [0.3, 0.4) is 0 Å². The number of halogens is 1. The second kappa shape index (κ2) is 8.58. The van der Waals surface area contributed by atoms with E-state index in [2.05, 4.69) is 20.9 Å². The Bertz CT molecular complexity index is 804. The summed E-state index contributed by atoms with van der Waals surface area (Å²) >= 11 is 3.41. The maximum absolute atomic E-state index is 13.0. The predicted molar refractivity (Wildman–Crippen MR) is 103 cm³/mol. The molecule has 1 aromatic heterocycles. The van der Waals surface area contributed by atoms with Crippen molar-refractivity contribution in [1.82, 2.24) is 9.88 Å². The molecular formula is C21H19BrN2O. The van der Waals surface area contributed by atoms with E-state index in [9.17, 15) is 4.79 Å². The summed E-state index contributed by atoms with van der Waals surface area (Å²) in [6.07, 6.45) is 2.52. The molecule has 0 aliphatic carbocycles. The molecule has 0 aliphatic heterocycles. The van der Waals surface area contributed by atoms with E-state index in [4.69, 9.17) is 0 Å². The first-order valence-electron chi connectivity index (χ1n) is 8.21. The largest absolute Gasteiger partial charge is 0.334 e. The number of amides is 1. The SMILES string of the molecule is O=C(c1ccc(Br)cc1)N(CCc1ccccn1)Cc1ccccc1. The monoisotopic (exact) mass is 394 g/mol. The van der Waals surface area contributed by atoms with Crippen LogP contribution in [-0.2, 0) is 13.0 Å². The van der Waals surface area contributed by atoms with Gasteiger partial charge in [0.05, 0.1) is 0 Å². The fourth-order valence-corrected chi connectivity index (χ4v) is 2.89. The Hall–Kier alpha value is -2.46. The van der Waals surface area contributed by atoms with Gasteiger partial charge in [0.15, 0.2) is 0 Å². The summed E-state index contributed by atoms with van der Waals surface area (Å²) in [4.78, 5) is 19.2. The van der Waals surface area contributed by atoms with Gasteiger partial charge in [-0.25, -0.2) is 0 Å². The molecule has 0 atom stereocenters. The van der Waals surface area contributed by atoms with Crippen LogP contribution in [0.15, 0.2) is 83.5 Å². The average Bonchev–Trinajstić information content (AvgIpc) is 2.67. The maximum atomic E-state index is 13.0. The van der Waals surface area contributed by atoms with Crippen molar-refractivity contribution in [3.05, 3.63) is 100 Å². The molecule has 3 rings (SSSR count). The van der Waals surface area contributed by atoms with Crippen LogP contribution >= 0.6 is 15.9 Å². The molecule has 0 aliphatic rings. The van der Waals surface area contributed by atoms with Gasteiger partial charge in [0.2, 0.25) is 0 Å². The number of carbonyl (C=O) groups is 1. The zero-order chi connectivity index (χ0) is 17.5.